The van der Waals surface area contributed by atoms with Gasteiger partial charge in [0.15, 0.2) is 5.76 Å². The first kappa shape index (κ1) is 26.5. The number of furan rings is 1. The number of aliphatic hydroxyl groups is 1. The second kappa shape index (κ2) is 10.6. The van der Waals surface area contributed by atoms with Crippen LogP contribution in [0.2, 0.25) is 0 Å². The molecule has 39 heavy (non-hydrogen) atoms. The highest BCUT2D eigenvalue weighted by molar-refractivity contribution is 7.93. The van der Waals surface area contributed by atoms with Gasteiger partial charge in [-0.05, 0) is 57.0 Å². The highest BCUT2D eigenvalue weighted by Gasteiger charge is 2.35. The van der Waals surface area contributed by atoms with Gasteiger partial charge in [0.05, 0.1) is 26.5 Å². The van der Waals surface area contributed by atoms with E-state index < -0.39 is 21.4 Å². The molecule has 0 fully saturated rings. The molecule has 0 unspecified atom stereocenters. The Morgan fingerprint density at radius 1 is 1.10 bits per heavy atom. The summed E-state index contributed by atoms with van der Waals surface area (Å²) in [5.41, 5.74) is 1.41. The third kappa shape index (κ3) is 4.90. The Balaban J connectivity index is 1.57. The molecule has 1 aromatic carbocycles. The number of rotatable bonds is 9. The number of aliphatic hydroxyl groups excluding tert-OH is 1. The van der Waals surface area contributed by atoms with Crippen molar-refractivity contribution in [2.75, 3.05) is 25.5 Å². The lowest BCUT2D eigenvalue weighted by molar-refractivity contribution is 0.167. The van der Waals surface area contributed by atoms with E-state index in [1.165, 1.54) is 25.7 Å². The van der Waals surface area contributed by atoms with Crippen LogP contribution in [0, 0.1) is 6.92 Å². The number of aromatic nitrogens is 4. The van der Waals surface area contributed by atoms with Crippen LogP contribution in [0.5, 0.6) is 17.2 Å². The molecule has 0 saturated carbocycles. The molecule has 12 nitrogen and oxygen atoms in total. The number of nitrogens with one attached hydrogen (secondary N) is 1. The van der Waals surface area contributed by atoms with Gasteiger partial charge < -0.3 is 23.7 Å². The number of fused-ring (bicyclic) bond motifs is 1. The summed E-state index contributed by atoms with van der Waals surface area (Å²) in [6, 6.07) is 10.2. The summed E-state index contributed by atoms with van der Waals surface area (Å²) in [6.45, 7) is 3.66. The van der Waals surface area contributed by atoms with E-state index in [9.17, 15) is 13.5 Å². The summed E-state index contributed by atoms with van der Waals surface area (Å²) in [7, 11) is -1.26. The van der Waals surface area contributed by atoms with Crippen molar-refractivity contribution < 1.29 is 32.2 Å². The Bertz CT molecular complexity index is 1580. The van der Waals surface area contributed by atoms with Crippen molar-refractivity contribution >= 4 is 16.0 Å². The molecule has 4 aromatic rings. The number of para-hydroxylation sites is 1. The smallest absolute Gasteiger partial charge is 0.243 e. The summed E-state index contributed by atoms with van der Waals surface area (Å²) >= 11 is 0. The lowest BCUT2D eigenvalue weighted by Gasteiger charge is -2.25. The fraction of sp³-hybridized carbons (Fsp3) is 0.346. The van der Waals surface area contributed by atoms with E-state index in [-0.39, 0.29) is 11.8 Å². The van der Waals surface area contributed by atoms with Crippen LogP contribution in [0.15, 0.2) is 47.0 Å². The first-order chi connectivity index (χ1) is 18.7. The van der Waals surface area contributed by atoms with E-state index in [0.717, 1.165) is 6.42 Å². The van der Waals surface area contributed by atoms with E-state index in [0.29, 0.717) is 58.7 Å². The first-order valence-corrected chi connectivity index (χ1v) is 13.8. The van der Waals surface area contributed by atoms with Crippen LogP contribution >= 0.6 is 0 Å². The topological polar surface area (TPSA) is 151 Å². The van der Waals surface area contributed by atoms with Crippen LogP contribution in [-0.4, -0.2) is 59.3 Å². The van der Waals surface area contributed by atoms with Gasteiger partial charge in [-0.15, -0.1) is 10.2 Å². The molecule has 206 valence electrons. The molecule has 13 heteroatoms. The Hall–Kier alpha value is -4.10. The van der Waals surface area contributed by atoms with Crippen molar-refractivity contribution in [3.63, 3.8) is 0 Å². The van der Waals surface area contributed by atoms with Crippen LogP contribution in [-0.2, 0) is 16.4 Å². The summed E-state index contributed by atoms with van der Waals surface area (Å²) in [6.07, 6.45) is 1.63. The molecule has 5 rings (SSSR count). The third-order valence-corrected chi connectivity index (χ3v) is 8.25. The molecule has 1 aliphatic rings. The molecule has 0 aliphatic carbocycles. The molecule has 1 aliphatic heterocycles. The fourth-order valence-corrected chi connectivity index (χ4v) is 5.53. The van der Waals surface area contributed by atoms with Crippen molar-refractivity contribution in [1.29, 1.82) is 0 Å². The molecule has 0 amide bonds. The normalized spacial score (nSPS) is 14.7. The van der Waals surface area contributed by atoms with E-state index >= 15 is 0 Å². The van der Waals surface area contributed by atoms with Gasteiger partial charge in [-0.25, -0.2) is 8.42 Å². The second-order valence-corrected chi connectivity index (χ2v) is 11.1. The Labute approximate surface area is 225 Å². The summed E-state index contributed by atoms with van der Waals surface area (Å²) in [5, 5.41) is 18.2. The molecular weight excluding hydrogens is 526 g/mol. The highest BCUT2D eigenvalue weighted by atomic mass is 32.2. The minimum absolute atomic E-state index is 0.145. The zero-order chi connectivity index (χ0) is 27.7. The minimum Gasteiger partial charge on any atom is -0.494 e. The van der Waals surface area contributed by atoms with Gasteiger partial charge in [0.1, 0.15) is 40.1 Å². The van der Waals surface area contributed by atoms with Gasteiger partial charge in [0.25, 0.3) is 0 Å². The van der Waals surface area contributed by atoms with Gasteiger partial charge in [-0.3, -0.25) is 14.3 Å². The summed E-state index contributed by atoms with van der Waals surface area (Å²) in [4.78, 5) is 4.31. The van der Waals surface area contributed by atoms with Crippen LogP contribution in [0.3, 0.4) is 0 Å². The fourth-order valence-electron chi connectivity index (χ4n) is 4.47. The predicted molar refractivity (Wildman–Crippen MR) is 142 cm³/mol. The molecule has 0 radical (unpaired) electrons. The molecule has 2 atom stereocenters. The SMILES string of the molecule is COc1cccc(OC)c1-n1c(NS(=O)(=O)[C@H](C)[C@H](O)c2ccnc3c2OCCC3)nnc1-c1ccc(C)o1. The molecule has 0 bridgehead atoms. The quantitative estimate of drug-likeness (QED) is 0.314. The van der Waals surface area contributed by atoms with Crippen LogP contribution in [0.25, 0.3) is 17.3 Å². The number of ether oxygens (including phenoxy) is 3. The zero-order valence-electron chi connectivity index (χ0n) is 21.9. The van der Waals surface area contributed by atoms with Crippen molar-refractivity contribution in [2.24, 2.45) is 0 Å². The highest BCUT2D eigenvalue weighted by Crippen LogP contribution is 2.39. The van der Waals surface area contributed by atoms with Gasteiger partial charge >= 0.3 is 0 Å². The number of hydrogen-bond acceptors (Lipinski definition) is 10. The number of anilines is 1. The summed E-state index contributed by atoms with van der Waals surface area (Å²) in [5.74, 6) is 2.25. The van der Waals surface area contributed by atoms with Crippen molar-refractivity contribution in [2.45, 2.75) is 38.0 Å². The maximum Gasteiger partial charge on any atom is 0.243 e. The third-order valence-electron chi connectivity index (χ3n) is 6.55. The molecule has 2 N–H and O–H groups in total. The number of aryl methyl sites for hydroxylation is 2. The molecule has 0 saturated heterocycles. The molecule has 4 heterocycles. The predicted octanol–water partition coefficient (Wildman–Crippen LogP) is 3.44. The van der Waals surface area contributed by atoms with Crippen molar-refractivity contribution in [3.05, 3.63) is 59.6 Å². The van der Waals surface area contributed by atoms with Crippen LogP contribution < -0.4 is 18.9 Å². The monoisotopic (exact) mass is 555 g/mol. The molecular formula is C26H29N5O7S. The molecule has 3 aromatic heterocycles. The standard InChI is InChI=1S/C26H29N5O7S/c1-15-10-11-21(38-15)25-28-29-26(31(25)22-19(35-3)8-5-9-20(22)36-4)30-39(33,34)16(2)23(32)17-12-13-27-18-7-6-14-37-24(17)18/h5,8-13,16,23,32H,6-7,14H2,1-4H3,(H,29,30)/t16-,23+/m1/s1. The van der Waals surface area contributed by atoms with Crippen LogP contribution in [0.4, 0.5) is 5.95 Å². The maximum absolute atomic E-state index is 13.6. The van der Waals surface area contributed by atoms with E-state index in [1.807, 2.05) is 0 Å². The first-order valence-electron chi connectivity index (χ1n) is 12.3. The minimum atomic E-state index is -4.23. The Morgan fingerprint density at radius 2 is 1.85 bits per heavy atom. The number of pyridine rings is 1. The maximum atomic E-state index is 13.6. The number of sulfonamides is 1. The number of hydrogen-bond donors (Lipinski definition) is 2. The average Bonchev–Trinajstić information content (AvgIpc) is 3.56. The lowest BCUT2D eigenvalue weighted by Crippen LogP contribution is -2.32. The van der Waals surface area contributed by atoms with Crippen molar-refractivity contribution in [1.82, 2.24) is 19.7 Å². The molecule has 0 spiro atoms. The van der Waals surface area contributed by atoms with Gasteiger partial charge in [-0.2, -0.15) is 0 Å². The second-order valence-electron chi connectivity index (χ2n) is 9.03. The number of benzene rings is 1. The largest absolute Gasteiger partial charge is 0.494 e. The van der Waals surface area contributed by atoms with E-state index in [1.54, 1.807) is 49.5 Å². The zero-order valence-corrected chi connectivity index (χ0v) is 22.7. The lowest BCUT2D eigenvalue weighted by atomic mass is 10.0. The van der Waals surface area contributed by atoms with Crippen molar-refractivity contribution in [3.8, 4) is 34.5 Å². The Kier molecular flexibility index (Phi) is 7.19. The average molecular weight is 556 g/mol. The van der Waals surface area contributed by atoms with Gasteiger partial charge in [0, 0.05) is 11.8 Å². The Morgan fingerprint density at radius 3 is 2.51 bits per heavy atom. The summed E-state index contributed by atoms with van der Waals surface area (Å²) < 4.78 is 53.9. The van der Waals surface area contributed by atoms with Gasteiger partial charge in [-0.1, -0.05) is 6.07 Å². The van der Waals surface area contributed by atoms with E-state index in [4.69, 9.17) is 18.6 Å². The number of methoxy groups -OCH3 is 2. The van der Waals surface area contributed by atoms with E-state index in [2.05, 4.69) is 19.9 Å². The number of nitrogens with zero attached hydrogens (tertiary/aromatic N) is 4. The van der Waals surface area contributed by atoms with Gasteiger partial charge in [0.2, 0.25) is 21.8 Å². The van der Waals surface area contributed by atoms with Crippen LogP contribution in [0.1, 0.15) is 36.5 Å².